The molecular weight excluding hydrogens is 487 g/mol. The van der Waals surface area contributed by atoms with E-state index in [0.717, 1.165) is 31.0 Å². The van der Waals surface area contributed by atoms with Gasteiger partial charge in [0.15, 0.2) is 5.78 Å². The van der Waals surface area contributed by atoms with Crippen molar-refractivity contribution in [2.75, 3.05) is 32.9 Å². The van der Waals surface area contributed by atoms with E-state index < -0.39 is 36.2 Å². The molecule has 2 aromatic carbocycles. The van der Waals surface area contributed by atoms with Crippen LogP contribution in [-0.2, 0) is 6.42 Å². The van der Waals surface area contributed by atoms with Gasteiger partial charge >= 0.3 is 0 Å². The summed E-state index contributed by atoms with van der Waals surface area (Å²) in [7, 11) is 0. The number of hydrogen-bond donors (Lipinski definition) is 0. The number of Topliss-reactive ketones (excluding diaryl/α,β-unsaturated/α-hetero) is 1. The zero-order valence-electron chi connectivity index (χ0n) is 21.5. The van der Waals surface area contributed by atoms with Crippen LogP contribution in [0.2, 0.25) is 0 Å². The van der Waals surface area contributed by atoms with Crippen LogP contribution in [0.4, 0.5) is 22.0 Å². The quantitative estimate of drug-likeness (QED) is 0.289. The number of hydrogen-bond acceptors (Lipinski definition) is 3. The third-order valence-electron chi connectivity index (χ3n) is 7.25. The fraction of sp³-hybridized carbons (Fsp3) is 0.483. The maximum absolute atomic E-state index is 15.7. The minimum atomic E-state index is -3.07. The lowest BCUT2D eigenvalue weighted by molar-refractivity contribution is -0.0371. The van der Waals surface area contributed by atoms with Crippen LogP contribution in [0.1, 0.15) is 72.3 Å². The topological polar surface area (TPSA) is 23.6 Å². The number of rotatable bonds is 8. The second kappa shape index (κ2) is 11.0. The Hall–Kier alpha value is -2.58. The summed E-state index contributed by atoms with van der Waals surface area (Å²) in [6.45, 7) is 4.98. The third-order valence-corrected chi connectivity index (χ3v) is 7.25. The van der Waals surface area contributed by atoms with Crippen molar-refractivity contribution in [1.29, 1.82) is 0 Å². The maximum Gasteiger partial charge on any atom is 0.257 e. The molecule has 8 heteroatoms. The fourth-order valence-corrected chi connectivity index (χ4v) is 5.55. The molecule has 2 atom stereocenters. The fourth-order valence-electron chi connectivity index (χ4n) is 5.55. The van der Waals surface area contributed by atoms with Crippen molar-refractivity contribution in [3.63, 3.8) is 0 Å². The molecule has 2 heterocycles. The van der Waals surface area contributed by atoms with Gasteiger partial charge in [-0.05, 0) is 68.0 Å². The predicted octanol–water partition coefficient (Wildman–Crippen LogP) is 6.61. The van der Waals surface area contributed by atoms with Crippen molar-refractivity contribution in [3.05, 3.63) is 75.4 Å². The zero-order valence-corrected chi connectivity index (χ0v) is 21.5. The average Bonchev–Trinajstić information content (AvgIpc) is 3.25. The number of benzene rings is 2. The minimum Gasteiger partial charge on any atom is -0.299 e. The highest BCUT2D eigenvalue weighted by molar-refractivity contribution is 5.94. The highest BCUT2D eigenvalue weighted by atomic mass is 19.3. The molecular formula is C29H33F5N2O. The second-order valence-electron chi connectivity index (χ2n) is 10.4. The standard InChI is InChI=1S/C29H33F5N2O/c1-18-11-23-15-22(19(2)37)5-6-24(23)28(36(18)17-29(3,33)34)27-25(31)13-21(14-26(27)32)12-20-7-10-35(16-20)9-4-8-30/h5-6,12-15,18,28H,4,7-11,16-17H2,1-3H3/b20-12-/t18-,28+/m1/s1. The molecule has 0 spiro atoms. The molecule has 4 rings (SSSR count). The Morgan fingerprint density at radius 3 is 2.49 bits per heavy atom. The van der Waals surface area contributed by atoms with Gasteiger partial charge in [-0.15, -0.1) is 0 Å². The summed E-state index contributed by atoms with van der Waals surface area (Å²) in [5, 5.41) is 0. The molecule has 2 aromatic rings. The van der Waals surface area contributed by atoms with Gasteiger partial charge in [-0.25, -0.2) is 17.6 Å². The van der Waals surface area contributed by atoms with E-state index in [1.807, 2.05) is 0 Å². The molecule has 0 unspecified atom stereocenters. The number of nitrogens with zero attached hydrogens (tertiary/aromatic N) is 2. The maximum atomic E-state index is 15.7. The summed E-state index contributed by atoms with van der Waals surface area (Å²) < 4.78 is 72.2. The van der Waals surface area contributed by atoms with Gasteiger partial charge in [0.05, 0.1) is 19.3 Å². The van der Waals surface area contributed by atoms with Crippen molar-refractivity contribution in [1.82, 2.24) is 9.80 Å². The number of likely N-dealkylation sites (tertiary alicyclic amines) is 1. The number of carbonyl (C=O) groups is 1. The number of ketones is 1. The first-order chi connectivity index (χ1) is 17.5. The molecule has 0 saturated carbocycles. The summed E-state index contributed by atoms with van der Waals surface area (Å²) in [6.07, 6.45) is 3.33. The Labute approximate surface area is 215 Å². The van der Waals surface area contributed by atoms with Crippen molar-refractivity contribution in [2.45, 2.75) is 58.0 Å². The summed E-state index contributed by atoms with van der Waals surface area (Å²) in [4.78, 5) is 15.5. The van der Waals surface area contributed by atoms with Gasteiger partial charge in [-0.2, -0.15) is 0 Å². The molecule has 0 aliphatic carbocycles. The van der Waals surface area contributed by atoms with Gasteiger partial charge in [0.2, 0.25) is 0 Å². The number of carbonyl (C=O) groups excluding carboxylic acids is 1. The SMILES string of the molecule is CC(=O)c1ccc2c(c1)C[C@@H](C)N(CC(C)(F)F)[C@@H]2c1c(F)cc(/C=C2/CCN(CCCF)C2)cc1F. The molecule has 200 valence electrons. The van der Waals surface area contributed by atoms with E-state index in [1.165, 1.54) is 24.0 Å². The van der Waals surface area contributed by atoms with Gasteiger partial charge in [0, 0.05) is 43.7 Å². The molecule has 2 aliphatic heterocycles. The molecule has 3 nitrogen and oxygen atoms in total. The monoisotopic (exact) mass is 520 g/mol. The van der Waals surface area contributed by atoms with E-state index in [2.05, 4.69) is 4.90 Å². The predicted molar refractivity (Wildman–Crippen MR) is 135 cm³/mol. The van der Waals surface area contributed by atoms with Crippen LogP contribution in [0.5, 0.6) is 0 Å². The zero-order chi connectivity index (χ0) is 26.9. The van der Waals surface area contributed by atoms with E-state index >= 15 is 8.78 Å². The van der Waals surface area contributed by atoms with Crippen LogP contribution in [0.15, 0.2) is 35.9 Å². The highest BCUT2D eigenvalue weighted by Gasteiger charge is 2.40. The Morgan fingerprint density at radius 2 is 1.86 bits per heavy atom. The van der Waals surface area contributed by atoms with Gasteiger partial charge in [-0.1, -0.05) is 23.8 Å². The van der Waals surface area contributed by atoms with E-state index in [9.17, 15) is 18.0 Å². The number of fused-ring (bicyclic) bond motifs is 1. The van der Waals surface area contributed by atoms with E-state index in [4.69, 9.17) is 0 Å². The Balaban J connectivity index is 1.73. The molecule has 0 aromatic heterocycles. The largest absolute Gasteiger partial charge is 0.299 e. The molecule has 37 heavy (non-hydrogen) atoms. The third kappa shape index (κ3) is 6.29. The van der Waals surface area contributed by atoms with E-state index in [0.29, 0.717) is 42.6 Å². The van der Waals surface area contributed by atoms with Crippen LogP contribution in [0.25, 0.3) is 6.08 Å². The van der Waals surface area contributed by atoms with Crippen molar-refractivity contribution in [3.8, 4) is 0 Å². The first kappa shape index (κ1) is 27.5. The second-order valence-corrected chi connectivity index (χ2v) is 10.4. The van der Waals surface area contributed by atoms with Crippen LogP contribution in [-0.4, -0.2) is 60.4 Å². The molecule has 0 bridgehead atoms. The molecule has 1 saturated heterocycles. The van der Waals surface area contributed by atoms with Gasteiger partial charge in [-0.3, -0.25) is 19.0 Å². The van der Waals surface area contributed by atoms with E-state index in [1.54, 1.807) is 31.2 Å². The highest BCUT2D eigenvalue weighted by Crippen LogP contribution is 2.42. The van der Waals surface area contributed by atoms with Crippen LogP contribution in [0.3, 0.4) is 0 Å². The van der Waals surface area contributed by atoms with Crippen molar-refractivity contribution >= 4 is 11.9 Å². The Morgan fingerprint density at radius 1 is 1.16 bits per heavy atom. The first-order valence-electron chi connectivity index (χ1n) is 12.7. The molecule has 0 N–H and O–H groups in total. The van der Waals surface area contributed by atoms with Crippen LogP contribution >= 0.6 is 0 Å². The summed E-state index contributed by atoms with van der Waals surface area (Å²) in [6, 6.07) is 5.92. The number of halogens is 5. The van der Waals surface area contributed by atoms with Gasteiger partial charge in [0.1, 0.15) is 11.6 Å². The lowest BCUT2D eigenvalue weighted by atomic mass is 9.83. The summed E-state index contributed by atoms with van der Waals surface area (Å²) in [5.41, 5.74) is 2.82. The molecule has 0 radical (unpaired) electrons. The summed E-state index contributed by atoms with van der Waals surface area (Å²) in [5.74, 6) is -4.81. The molecule has 1 fully saturated rings. The van der Waals surface area contributed by atoms with Crippen LogP contribution < -0.4 is 0 Å². The average molecular weight is 521 g/mol. The van der Waals surface area contributed by atoms with E-state index in [-0.39, 0.29) is 18.0 Å². The number of alkyl halides is 3. The lowest BCUT2D eigenvalue weighted by Gasteiger charge is -2.43. The Bertz CT molecular complexity index is 1170. The van der Waals surface area contributed by atoms with Gasteiger partial charge < -0.3 is 0 Å². The minimum absolute atomic E-state index is 0.139. The summed E-state index contributed by atoms with van der Waals surface area (Å²) >= 11 is 0. The molecule has 2 aliphatic rings. The van der Waals surface area contributed by atoms with Gasteiger partial charge in [0.25, 0.3) is 5.92 Å². The smallest absolute Gasteiger partial charge is 0.257 e. The first-order valence-corrected chi connectivity index (χ1v) is 12.7. The van der Waals surface area contributed by atoms with Crippen molar-refractivity contribution in [2.24, 2.45) is 0 Å². The van der Waals surface area contributed by atoms with Crippen molar-refractivity contribution < 1.29 is 26.7 Å². The lowest BCUT2D eigenvalue weighted by Crippen LogP contribution is -2.48. The normalized spacial score (nSPS) is 22.0. The van der Waals surface area contributed by atoms with Crippen LogP contribution in [0, 0.1) is 11.6 Å². The molecule has 0 amide bonds. The Kier molecular flexibility index (Phi) is 8.19.